The zero-order valence-electron chi connectivity index (χ0n) is 19.6. The minimum absolute atomic E-state index is 0.396. The number of morpholine rings is 1. The Hall–Kier alpha value is -4.07. The summed E-state index contributed by atoms with van der Waals surface area (Å²) in [5.74, 6) is -0.396. The zero-order valence-corrected chi connectivity index (χ0v) is 19.6. The van der Waals surface area contributed by atoms with Crippen LogP contribution in [0.5, 0.6) is 0 Å². The fourth-order valence-corrected chi connectivity index (χ4v) is 4.57. The Morgan fingerprint density at radius 2 is 1.65 bits per heavy atom. The Balaban J connectivity index is 1.83. The largest absolute Gasteiger partial charge is 0.465 e. The van der Waals surface area contributed by atoms with E-state index in [1.54, 1.807) is 12.1 Å². The predicted molar refractivity (Wildman–Crippen MR) is 129 cm³/mol. The van der Waals surface area contributed by atoms with Gasteiger partial charge in [-0.05, 0) is 49.2 Å². The smallest absolute Gasteiger partial charge is 0.340 e. The van der Waals surface area contributed by atoms with Gasteiger partial charge >= 0.3 is 5.97 Å². The van der Waals surface area contributed by atoms with Crippen LogP contribution in [0.2, 0.25) is 0 Å². The van der Waals surface area contributed by atoms with Gasteiger partial charge < -0.3 is 18.9 Å². The van der Waals surface area contributed by atoms with Crippen LogP contribution in [0.3, 0.4) is 0 Å². The lowest BCUT2D eigenvalue weighted by Crippen LogP contribution is -2.37. The van der Waals surface area contributed by atoms with Gasteiger partial charge in [0, 0.05) is 42.3 Å². The van der Waals surface area contributed by atoms with Gasteiger partial charge in [-0.15, -0.1) is 0 Å². The maximum Gasteiger partial charge on any atom is 0.340 e. The van der Waals surface area contributed by atoms with E-state index in [9.17, 15) is 10.1 Å². The molecule has 1 aliphatic heterocycles. The lowest BCUT2D eigenvalue weighted by atomic mass is 9.99. The molecule has 0 aliphatic carbocycles. The van der Waals surface area contributed by atoms with Crippen LogP contribution >= 0.6 is 0 Å². The van der Waals surface area contributed by atoms with E-state index in [2.05, 4.69) is 21.6 Å². The number of methoxy groups -OCH3 is 1. The van der Waals surface area contributed by atoms with Crippen molar-refractivity contribution >= 4 is 11.7 Å². The fourth-order valence-electron chi connectivity index (χ4n) is 4.57. The monoisotopic (exact) mass is 454 g/mol. The van der Waals surface area contributed by atoms with Gasteiger partial charge in [0.05, 0.1) is 49.2 Å². The van der Waals surface area contributed by atoms with Gasteiger partial charge in [-0.2, -0.15) is 10.5 Å². The number of carbonyl (C=O) groups is 1. The van der Waals surface area contributed by atoms with Crippen molar-refractivity contribution in [2.24, 2.45) is 0 Å². The van der Waals surface area contributed by atoms with E-state index in [1.165, 1.54) is 7.11 Å². The van der Waals surface area contributed by atoms with Gasteiger partial charge in [0.25, 0.3) is 0 Å². The number of hydrogen-bond acceptors (Lipinski definition) is 6. The van der Waals surface area contributed by atoms with Crippen molar-refractivity contribution in [1.82, 2.24) is 4.57 Å². The Labute approximate surface area is 199 Å². The molecule has 1 aromatic heterocycles. The first-order valence-electron chi connectivity index (χ1n) is 11.1. The highest BCUT2D eigenvalue weighted by Crippen LogP contribution is 2.35. The molecule has 0 radical (unpaired) electrons. The number of nitrogens with zero attached hydrogens (tertiary/aromatic N) is 4. The molecule has 0 amide bonds. The maximum absolute atomic E-state index is 12.8. The summed E-state index contributed by atoms with van der Waals surface area (Å²) in [6, 6.07) is 17.3. The third kappa shape index (κ3) is 4.26. The Bertz CT molecular complexity index is 1300. The number of ether oxygens (including phenoxy) is 2. The SMILES string of the molecule is COC(=O)c1c(-c2ccc(C#N)cc2)c(C)n(Cc2ccc(C#N)cc2N2CCOCC2)c1C. The number of anilines is 1. The third-order valence-electron chi connectivity index (χ3n) is 6.37. The second-order valence-corrected chi connectivity index (χ2v) is 8.24. The van der Waals surface area contributed by atoms with Gasteiger partial charge in [-0.1, -0.05) is 18.2 Å². The van der Waals surface area contributed by atoms with Crippen molar-refractivity contribution < 1.29 is 14.3 Å². The van der Waals surface area contributed by atoms with Crippen molar-refractivity contribution in [2.75, 3.05) is 38.3 Å². The number of aromatic nitrogens is 1. The first-order chi connectivity index (χ1) is 16.5. The van der Waals surface area contributed by atoms with Crippen LogP contribution in [-0.2, 0) is 16.0 Å². The minimum atomic E-state index is -0.396. The molecule has 1 aliphatic rings. The van der Waals surface area contributed by atoms with Crippen LogP contribution in [0.25, 0.3) is 11.1 Å². The molecular formula is C27H26N4O3. The molecule has 1 fully saturated rings. The molecule has 172 valence electrons. The van der Waals surface area contributed by atoms with Gasteiger partial charge in [-0.3, -0.25) is 0 Å². The summed E-state index contributed by atoms with van der Waals surface area (Å²) in [5.41, 5.74) is 7.15. The normalized spacial score (nSPS) is 13.3. The lowest BCUT2D eigenvalue weighted by Gasteiger charge is -2.31. The first kappa shape index (κ1) is 23.1. The number of nitriles is 2. The maximum atomic E-state index is 12.8. The van der Waals surface area contributed by atoms with Gasteiger partial charge in [0.2, 0.25) is 0 Å². The lowest BCUT2D eigenvalue weighted by molar-refractivity contribution is 0.0600. The van der Waals surface area contributed by atoms with Crippen LogP contribution in [0.4, 0.5) is 5.69 Å². The van der Waals surface area contributed by atoms with Crippen molar-refractivity contribution in [1.29, 1.82) is 10.5 Å². The van der Waals surface area contributed by atoms with E-state index in [0.29, 0.717) is 36.4 Å². The van der Waals surface area contributed by atoms with Crippen molar-refractivity contribution in [3.63, 3.8) is 0 Å². The summed E-state index contributed by atoms with van der Waals surface area (Å²) in [6.45, 7) is 7.26. The highest BCUT2D eigenvalue weighted by molar-refractivity contribution is 5.99. The molecule has 3 aromatic rings. The predicted octanol–water partition coefficient (Wildman–Crippen LogP) is 4.19. The van der Waals surface area contributed by atoms with Gasteiger partial charge in [-0.25, -0.2) is 4.79 Å². The number of carbonyl (C=O) groups excluding carboxylic acids is 1. The Morgan fingerprint density at radius 3 is 2.26 bits per heavy atom. The summed E-state index contributed by atoms with van der Waals surface area (Å²) in [5, 5.41) is 18.6. The summed E-state index contributed by atoms with van der Waals surface area (Å²) in [4.78, 5) is 15.1. The number of rotatable bonds is 5. The van der Waals surface area contributed by atoms with Crippen molar-refractivity contribution in [2.45, 2.75) is 20.4 Å². The average Bonchev–Trinajstić information content (AvgIpc) is 3.13. The van der Waals surface area contributed by atoms with Gasteiger partial charge in [0.1, 0.15) is 0 Å². The number of hydrogen-bond donors (Lipinski definition) is 0. The molecule has 2 aromatic carbocycles. The molecule has 0 N–H and O–H groups in total. The Kier molecular flexibility index (Phi) is 6.67. The van der Waals surface area contributed by atoms with E-state index in [1.807, 2.05) is 44.2 Å². The van der Waals surface area contributed by atoms with Crippen LogP contribution in [0.15, 0.2) is 42.5 Å². The molecule has 0 atom stereocenters. The fraction of sp³-hybridized carbons (Fsp3) is 0.296. The van der Waals surface area contributed by atoms with E-state index in [0.717, 1.165) is 46.9 Å². The summed E-state index contributed by atoms with van der Waals surface area (Å²) in [7, 11) is 1.38. The second kappa shape index (κ2) is 9.82. The van der Waals surface area contributed by atoms with Crippen LogP contribution in [0.1, 0.15) is 38.4 Å². The molecule has 0 unspecified atom stereocenters. The van der Waals surface area contributed by atoms with E-state index >= 15 is 0 Å². The molecule has 1 saturated heterocycles. The summed E-state index contributed by atoms with van der Waals surface area (Å²) in [6.07, 6.45) is 0. The highest BCUT2D eigenvalue weighted by atomic mass is 16.5. The van der Waals surface area contributed by atoms with Crippen molar-refractivity contribution in [3.05, 3.63) is 76.1 Å². The first-order valence-corrected chi connectivity index (χ1v) is 11.1. The number of benzene rings is 2. The molecule has 4 rings (SSSR count). The second-order valence-electron chi connectivity index (χ2n) is 8.24. The van der Waals surface area contributed by atoms with Crippen LogP contribution < -0.4 is 4.90 Å². The highest BCUT2D eigenvalue weighted by Gasteiger charge is 2.26. The van der Waals surface area contributed by atoms with E-state index in [-0.39, 0.29) is 0 Å². The minimum Gasteiger partial charge on any atom is -0.465 e. The average molecular weight is 455 g/mol. The molecule has 34 heavy (non-hydrogen) atoms. The summed E-state index contributed by atoms with van der Waals surface area (Å²) >= 11 is 0. The van der Waals surface area contributed by atoms with E-state index < -0.39 is 5.97 Å². The quantitative estimate of drug-likeness (QED) is 0.537. The Morgan fingerprint density at radius 1 is 1.00 bits per heavy atom. The molecule has 2 heterocycles. The van der Waals surface area contributed by atoms with E-state index in [4.69, 9.17) is 14.7 Å². The molecule has 0 saturated carbocycles. The number of esters is 1. The topological polar surface area (TPSA) is 91.3 Å². The molecular weight excluding hydrogens is 428 g/mol. The van der Waals surface area contributed by atoms with Gasteiger partial charge in [0.15, 0.2) is 0 Å². The third-order valence-corrected chi connectivity index (χ3v) is 6.37. The molecule has 0 spiro atoms. The van der Waals surface area contributed by atoms with Crippen LogP contribution in [0, 0.1) is 36.5 Å². The zero-order chi connectivity index (χ0) is 24.2. The molecule has 7 nitrogen and oxygen atoms in total. The molecule has 0 bridgehead atoms. The van der Waals surface area contributed by atoms with Crippen molar-refractivity contribution in [3.8, 4) is 23.3 Å². The summed E-state index contributed by atoms with van der Waals surface area (Å²) < 4.78 is 12.8. The van der Waals surface area contributed by atoms with Crippen LogP contribution in [-0.4, -0.2) is 43.9 Å². The molecule has 7 heteroatoms. The standard InChI is InChI=1S/C27H26N4O3/c1-18-25(22-7-4-20(15-28)5-8-22)26(27(32)33-3)19(2)31(18)17-23-9-6-21(16-29)14-24(23)30-10-12-34-13-11-30/h4-9,14H,10-13,17H2,1-3H3.